The second-order valence-electron chi connectivity index (χ2n) is 9.68. The van der Waals surface area contributed by atoms with Gasteiger partial charge in [0.25, 0.3) is 0 Å². The Bertz CT molecular complexity index is 1260. The fraction of sp³-hybridized carbons (Fsp3) is 0.429. The lowest BCUT2D eigenvalue weighted by Crippen LogP contribution is -2.54. The van der Waals surface area contributed by atoms with Crippen molar-refractivity contribution in [3.05, 3.63) is 53.6 Å². The maximum absolute atomic E-state index is 13.5. The number of imide groups is 1. The van der Waals surface area contributed by atoms with Crippen molar-refractivity contribution in [2.75, 3.05) is 27.3 Å². The van der Waals surface area contributed by atoms with Crippen molar-refractivity contribution in [2.24, 2.45) is 11.8 Å². The Morgan fingerprint density at radius 3 is 2.39 bits per heavy atom. The van der Waals surface area contributed by atoms with E-state index < -0.39 is 29.4 Å². The van der Waals surface area contributed by atoms with E-state index in [1.165, 1.54) is 18.9 Å². The SMILES string of the molecule is CCN1C(=O)C2C(c3ccc(-c4ccc(C(C)=O)cc4)c(OC)c3)N3CCC[C@@]3(C(=O)OC)C2C1=O. The Hall–Kier alpha value is -3.52. The van der Waals surface area contributed by atoms with Gasteiger partial charge in [-0.05, 0) is 50.4 Å². The Morgan fingerprint density at radius 2 is 1.78 bits per heavy atom. The van der Waals surface area contributed by atoms with Crippen molar-refractivity contribution in [3.8, 4) is 16.9 Å². The highest BCUT2D eigenvalue weighted by Crippen LogP contribution is 2.59. The Kier molecular flexibility index (Phi) is 5.95. The molecule has 4 atom stereocenters. The lowest BCUT2D eigenvalue weighted by molar-refractivity contribution is -0.159. The topological polar surface area (TPSA) is 93.2 Å². The Balaban J connectivity index is 1.61. The molecule has 8 nitrogen and oxygen atoms in total. The molecule has 2 aromatic carbocycles. The van der Waals surface area contributed by atoms with Gasteiger partial charge in [0.05, 0.1) is 26.1 Å². The number of ether oxygens (including phenoxy) is 2. The molecule has 3 fully saturated rings. The number of rotatable bonds is 6. The van der Waals surface area contributed by atoms with Crippen LogP contribution in [0, 0.1) is 11.8 Å². The van der Waals surface area contributed by atoms with Crippen LogP contribution in [0.1, 0.15) is 48.7 Å². The van der Waals surface area contributed by atoms with Crippen LogP contribution in [0.2, 0.25) is 0 Å². The van der Waals surface area contributed by atoms with Crippen LogP contribution in [0.15, 0.2) is 42.5 Å². The number of ketones is 1. The van der Waals surface area contributed by atoms with E-state index in [0.717, 1.165) is 23.1 Å². The van der Waals surface area contributed by atoms with Crippen LogP contribution in [0.4, 0.5) is 0 Å². The third kappa shape index (κ3) is 3.24. The molecule has 0 bridgehead atoms. The van der Waals surface area contributed by atoms with Crippen LogP contribution in [0.3, 0.4) is 0 Å². The van der Waals surface area contributed by atoms with Gasteiger partial charge in [0.2, 0.25) is 11.8 Å². The summed E-state index contributed by atoms with van der Waals surface area (Å²) in [7, 11) is 2.92. The van der Waals surface area contributed by atoms with Crippen molar-refractivity contribution >= 4 is 23.6 Å². The van der Waals surface area contributed by atoms with Gasteiger partial charge in [-0.15, -0.1) is 0 Å². The molecule has 3 saturated heterocycles. The molecule has 0 saturated carbocycles. The summed E-state index contributed by atoms with van der Waals surface area (Å²) in [4.78, 5) is 55.1. The summed E-state index contributed by atoms with van der Waals surface area (Å²) in [5.41, 5.74) is 2.04. The molecule has 3 aliphatic heterocycles. The molecule has 0 aromatic heterocycles. The average molecular weight is 491 g/mol. The molecule has 3 heterocycles. The van der Waals surface area contributed by atoms with Gasteiger partial charge in [-0.2, -0.15) is 0 Å². The zero-order valence-electron chi connectivity index (χ0n) is 20.9. The summed E-state index contributed by atoms with van der Waals surface area (Å²) in [6.45, 7) is 4.17. The van der Waals surface area contributed by atoms with Crippen molar-refractivity contribution in [3.63, 3.8) is 0 Å². The molecule has 8 heteroatoms. The number of methoxy groups -OCH3 is 2. The van der Waals surface area contributed by atoms with Crippen molar-refractivity contribution in [1.82, 2.24) is 9.80 Å². The van der Waals surface area contributed by atoms with Gasteiger partial charge in [-0.1, -0.05) is 36.4 Å². The summed E-state index contributed by atoms with van der Waals surface area (Å²) in [6.07, 6.45) is 1.21. The summed E-state index contributed by atoms with van der Waals surface area (Å²) in [6, 6.07) is 12.6. The monoisotopic (exact) mass is 490 g/mol. The van der Waals surface area contributed by atoms with Crippen LogP contribution in [0.5, 0.6) is 5.75 Å². The minimum Gasteiger partial charge on any atom is -0.496 e. The third-order valence-corrected chi connectivity index (χ3v) is 8.13. The number of likely N-dealkylation sites (tertiary alicyclic amines) is 1. The zero-order valence-corrected chi connectivity index (χ0v) is 20.9. The molecule has 2 aromatic rings. The number of nitrogens with zero attached hydrogens (tertiary/aromatic N) is 2. The Labute approximate surface area is 210 Å². The third-order valence-electron chi connectivity index (χ3n) is 8.13. The standard InChI is InChI=1S/C28H30N2O6/c1-5-29-25(32)22-23(26(29)33)28(27(34)36-4)13-6-14-30(28)24(22)19-11-12-20(21(15-19)35-3)18-9-7-17(8-10-18)16(2)31/h7-12,15,22-24H,5-6,13-14H2,1-4H3/t22?,23?,24?,28-/m0/s1. The fourth-order valence-electron chi connectivity index (χ4n) is 6.59. The number of benzene rings is 2. The number of hydrogen-bond acceptors (Lipinski definition) is 7. The molecule has 3 unspecified atom stereocenters. The van der Waals surface area contributed by atoms with Crippen LogP contribution in [-0.2, 0) is 19.1 Å². The second-order valence-corrected chi connectivity index (χ2v) is 9.68. The number of Topliss-reactive ketones (excluding diaryl/α,β-unsaturated/α-hetero) is 1. The molecular formula is C28H30N2O6. The van der Waals surface area contributed by atoms with Gasteiger partial charge >= 0.3 is 5.97 Å². The molecule has 0 N–H and O–H groups in total. The maximum atomic E-state index is 13.5. The molecule has 5 rings (SSSR count). The van der Waals surface area contributed by atoms with Gasteiger partial charge in [0.1, 0.15) is 11.3 Å². The predicted octanol–water partition coefficient (Wildman–Crippen LogP) is 3.25. The summed E-state index contributed by atoms with van der Waals surface area (Å²) in [5, 5.41) is 0. The summed E-state index contributed by atoms with van der Waals surface area (Å²) >= 11 is 0. The highest BCUT2D eigenvalue weighted by Gasteiger charge is 2.73. The lowest BCUT2D eigenvalue weighted by atomic mass is 9.77. The van der Waals surface area contributed by atoms with Crippen LogP contribution in [0.25, 0.3) is 11.1 Å². The quantitative estimate of drug-likeness (QED) is 0.349. The molecule has 188 valence electrons. The number of fused-ring (bicyclic) bond motifs is 3. The summed E-state index contributed by atoms with van der Waals surface area (Å²) in [5.74, 6) is -1.81. The zero-order chi connectivity index (χ0) is 25.8. The van der Waals surface area contributed by atoms with E-state index in [1.807, 2.05) is 35.2 Å². The molecule has 0 spiro atoms. The first-order chi connectivity index (χ1) is 17.3. The van der Waals surface area contributed by atoms with E-state index in [1.54, 1.807) is 26.2 Å². The van der Waals surface area contributed by atoms with Crippen LogP contribution >= 0.6 is 0 Å². The van der Waals surface area contributed by atoms with E-state index in [9.17, 15) is 19.2 Å². The number of esters is 1. The molecule has 3 aliphatic rings. The smallest absolute Gasteiger partial charge is 0.327 e. The van der Waals surface area contributed by atoms with Gasteiger partial charge < -0.3 is 9.47 Å². The van der Waals surface area contributed by atoms with E-state index in [0.29, 0.717) is 24.3 Å². The van der Waals surface area contributed by atoms with Gasteiger partial charge in [-0.25, -0.2) is 0 Å². The van der Waals surface area contributed by atoms with E-state index in [4.69, 9.17) is 9.47 Å². The van der Waals surface area contributed by atoms with Gasteiger partial charge in [0.15, 0.2) is 5.78 Å². The van der Waals surface area contributed by atoms with Crippen molar-refractivity contribution < 1.29 is 28.7 Å². The average Bonchev–Trinajstić information content (AvgIpc) is 3.51. The fourth-order valence-corrected chi connectivity index (χ4v) is 6.59. The first-order valence-corrected chi connectivity index (χ1v) is 12.3. The number of amides is 2. The normalized spacial score (nSPS) is 27.2. The number of hydrogen-bond donors (Lipinski definition) is 0. The van der Waals surface area contributed by atoms with Gasteiger partial charge in [0, 0.05) is 23.7 Å². The molecule has 0 aliphatic carbocycles. The largest absolute Gasteiger partial charge is 0.496 e. The molecular weight excluding hydrogens is 460 g/mol. The Morgan fingerprint density at radius 1 is 1.06 bits per heavy atom. The number of carbonyl (C=O) groups excluding carboxylic acids is 4. The highest BCUT2D eigenvalue weighted by atomic mass is 16.5. The minimum absolute atomic E-state index is 0.00347. The first-order valence-electron chi connectivity index (χ1n) is 12.3. The van der Waals surface area contributed by atoms with Crippen LogP contribution in [-0.4, -0.2) is 66.2 Å². The van der Waals surface area contributed by atoms with Gasteiger partial charge in [-0.3, -0.25) is 29.0 Å². The van der Waals surface area contributed by atoms with Crippen molar-refractivity contribution in [1.29, 1.82) is 0 Å². The van der Waals surface area contributed by atoms with Crippen molar-refractivity contribution in [2.45, 2.75) is 38.3 Å². The van der Waals surface area contributed by atoms with E-state index in [-0.39, 0.29) is 24.1 Å². The van der Waals surface area contributed by atoms with E-state index >= 15 is 0 Å². The summed E-state index contributed by atoms with van der Waals surface area (Å²) < 4.78 is 11.0. The maximum Gasteiger partial charge on any atom is 0.327 e. The molecule has 0 radical (unpaired) electrons. The van der Waals surface area contributed by atoms with Crippen LogP contribution < -0.4 is 4.74 Å². The molecule has 36 heavy (non-hydrogen) atoms. The lowest BCUT2D eigenvalue weighted by Gasteiger charge is -2.36. The number of carbonyl (C=O) groups is 4. The highest BCUT2D eigenvalue weighted by molar-refractivity contribution is 6.09. The second kappa shape index (κ2) is 8.85. The predicted molar refractivity (Wildman–Crippen MR) is 131 cm³/mol. The molecule has 2 amide bonds. The minimum atomic E-state index is -1.14. The first kappa shape index (κ1) is 24.2. The van der Waals surface area contributed by atoms with E-state index in [2.05, 4.69) is 0 Å².